The van der Waals surface area contributed by atoms with Crippen molar-refractivity contribution in [2.45, 2.75) is 20.4 Å². The number of carbonyl (C=O) groups is 1. The van der Waals surface area contributed by atoms with Crippen LogP contribution in [-0.4, -0.2) is 19.5 Å². The molecule has 0 fully saturated rings. The van der Waals surface area contributed by atoms with Crippen molar-refractivity contribution in [3.8, 4) is 6.07 Å². The Morgan fingerprint density at radius 2 is 2.17 bits per heavy atom. The predicted molar refractivity (Wildman–Crippen MR) is 70.7 cm³/mol. The Morgan fingerprint density at radius 3 is 2.78 bits per heavy atom. The first-order valence-electron chi connectivity index (χ1n) is 5.91. The van der Waals surface area contributed by atoms with E-state index >= 15 is 0 Å². The molecule has 0 aliphatic rings. The van der Waals surface area contributed by atoms with E-state index in [-0.39, 0.29) is 5.91 Å². The highest BCUT2D eigenvalue weighted by Gasteiger charge is 2.25. The zero-order valence-corrected chi connectivity index (χ0v) is 11.1. The van der Waals surface area contributed by atoms with Crippen LogP contribution < -0.4 is 10.6 Å². The third-order valence-corrected chi connectivity index (χ3v) is 2.79. The topological polar surface area (TPSA) is 64.9 Å². The van der Waals surface area contributed by atoms with Gasteiger partial charge in [-0.05, 0) is 31.5 Å². The molecule has 0 unspecified atom stereocenters. The summed E-state index contributed by atoms with van der Waals surface area (Å²) in [5, 5.41) is 14.7. The van der Waals surface area contributed by atoms with Gasteiger partial charge in [0, 0.05) is 20.1 Å². The maximum Gasteiger partial charge on any atom is 0.226 e. The summed E-state index contributed by atoms with van der Waals surface area (Å²) in [4.78, 5) is 11.6. The van der Waals surface area contributed by atoms with Crippen LogP contribution in [0.4, 0.5) is 0 Å². The molecule has 0 saturated carbocycles. The molecule has 0 atom stereocenters. The first-order valence-corrected chi connectivity index (χ1v) is 5.91. The van der Waals surface area contributed by atoms with Crippen LogP contribution >= 0.6 is 0 Å². The Balaban J connectivity index is 2.51. The van der Waals surface area contributed by atoms with Crippen LogP contribution in [-0.2, 0) is 11.3 Å². The molecule has 18 heavy (non-hydrogen) atoms. The van der Waals surface area contributed by atoms with Gasteiger partial charge < -0.3 is 10.6 Å². The summed E-state index contributed by atoms with van der Waals surface area (Å²) in [6.45, 7) is 5.02. The number of nitrogens with one attached hydrogen (secondary N) is 2. The minimum Gasteiger partial charge on any atom is -0.359 e. The first-order chi connectivity index (χ1) is 8.49. The quantitative estimate of drug-likeness (QED) is 0.824. The second-order valence-electron chi connectivity index (χ2n) is 4.88. The van der Waals surface area contributed by atoms with E-state index in [1.54, 1.807) is 13.1 Å². The van der Waals surface area contributed by atoms with Gasteiger partial charge >= 0.3 is 0 Å². The van der Waals surface area contributed by atoms with Crippen molar-refractivity contribution in [3.63, 3.8) is 0 Å². The molecular formula is C14H19N3O. The number of nitriles is 1. The summed E-state index contributed by atoms with van der Waals surface area (Å²) in [5.74, 6) is 0.0146. The molecule has 0 saturated heterocycles. The Kier molecular flexibility index (Phi) is 4.87. The summed E-state index contributed by atoms with van der Waals surface area (Å²) in [7, 11) is 1.64. The number of hydrogen-bond acceptors (Lipinski definition) is 3. The summed E-state index contributed by atoms with van der Waals surface area (Å²) >= 11 is 0. The van der Waals surface area contributed by atoms with E-state index in [4.69, 9.17) is 5.26 Å². The van der Waals surface area contributed by atoms with Gasteiger partial charge in [0.2, 0.25) is 5.91 Å². The van der Waals surface area contributed by atoms with Gasteiger partial charge in [-0.2, -0.15) is 5.26 Å². The molecule has 0 radical (unpaired) electrons. The van der Waals surface area contributed by atoms with Gasteiger partial charge in [-0.3, -0.25) is 4.79 Å². The lowest BCUT2D eigenvalue weighted by Gasteiger charge is -2.22. The Morgan fingerprint density at radius 1 is 1.44 bits per heavy atom. The number of rotatable bonds is 5. The molecule has 4 heteroatoms. The fraction of sp³-hybridized carbons (Fsp3) is 0.429. The van der Waals surface area contributed by atoms with Crippen LogP contribution in [0.5, 0.6) is 0 Å². The molecule has 2 N–H and O–H groups in total. The maximum absolute atomic E-state index is 11.6. The fourth-order valence-electron chi connectivity index (χ4n) is 1.69. The predicted octanol–water partition coefficient (Wildman–Crippen LogP) is 1.42. The van der Waals surface area contributed by atoms with Crippen LogP contribution in [0.1, 0.15) is 25.0 Å². The first kappa shape index (κ1) is 14.2. The molecule has 0 aliphatic heterocycles. The summed E-state index contributed by atoms with van der Waals surface area (Å²) < 4.78 is 0. The summed E-state index contributed by atoms with van der Waals surface area (Å²) in [6, 6.07) is 9.55. The van der Waals surface area contributed by atoms with Gasteiger partial charge in [0.1, 0.15) is 0 Å². The molecule has 1 amide bonds. The lowest BCUT2D eigenvalue weighted by molar-refractivity contribution is -0.128. The summed E-state index contributed by atoms with van der Waals surface area (Å²) in [6.07, 6.45) is 0. The highest BCUT2D eigenvalue weighted by atomic mass is 16.2. The highest BCUT2D eigenvalue weighted by molar-refractivity contribution is 5.81. The van der Waals surface area contributed by atoms with E-state index in [1.807, 2.05) is 32.0 Å². The minimum absolute atomic E-state index is 0.0146. The van der Waals surface area contributed by atoms with Crippen molar-refractivity contribution < 1.29 is 4.79 Å². The van der Waals surface area contributed by atoms with Crippen LogP contribution in [0.2, 0.25) is 0 Å². The largest absolute Gasteiger partial charge is 0.359 e. The number of nitrogens with zero attached hydrogens (tertiary/aromatic N) is 1. The standard InChI is InChI=1S/C14H19N3O/c1-14(2,13(18)16-3)10-17-9-12-6-4-5-11(7-12)8-15/h4-7,17H,9-10H2,1-3H3,(H,16,18). The number of hydrogen-bond donors (Lipinski definition) is 2. The van der Waals surface area contributed by atoms with E-state index in [0.29, 0.717) is 18.7 Å². The number of carbonyl (C=O) groups excluding carboxylic acids is 1. The number of amides is 1. The van der Waals surface area contributed by atoms with Crippen molar-refractivity contribution in [2.75, 3.05) is 13.6 Å². The van der Waals surface area contributed by atoms with Crippen molar-refractivity contribution in [2.24, 2.45) is 5.41 Å². The maximum atomic E-state index is 11.6. The Hall–Kier alpha value is -1.86. The lowest BCUT2D eigenvalue weighted by Crippen LogP contribution is -2.41. The number of benzene rings is 1. The minimum atomic E-state index is -0.443. The van der Waals surface area contributed by atoms with Crippen molar-refractivity contribution in [3.05, 3.63) is 35.4 Å². The second-order valence-corrected chi connectivity index (χ2v) is 4.88. The van der Waals surface area contributed by atoms with E-state index in [2.05, 4.69) is 16.7 Å². The Bertz CT molecular complexity index is 460. The van der Waals surface area contributed by atoms with Crippen molar-refractivity contribution >= 4 is 5.91 Å². The zero-order chi connectivity index (χ0) is 13.6. The molecule has 0 bridgehead atoms. The molecule has 0 heterocycles. The molecular weight excluding hydrogens is 226 g/mol. The lowest BCUT2D eigenvalue weighted by atomic mass is 9.92. The molecule has 1 rings (SSSR count). The van der Waals surface area contributed by atoms with Crippen LogP contribution in [0.15, 0.2) is 24.3 Å². The molecule has 1 aromatic rings. The third-order valence-electron chi connectivity index (χ3n) is 2.79. The van der Waals surface area contributed by atoms with E-state index in [9.17, 15) is 4.79 Å². The van der Waals surface area contributed by atoms with Crippen molar-refractivity contribution in [1.29, 1.82) is 5.26 Å². The van der Waals surface area contributed by atoms with E-state index < -0.39 is 5.41 Å². The SMILES string of the molecule is CNC(=O)C(C)(C)CNCc1cccc(C#N)c1. The molecule has 0 aromatic heterocycles. The third kappa shape index (κ3) is 3.86. The van der Waals surface area contributed by atoms with Gasteiger partial charge in [-0.1, -0.05) is 12.1 Å². The van der Waals surface area contributed by atoms with Crippen molar-refractivity contribution in [1.82, 2.24) is 10.6 Å². The fourth-order valence-corrected chi connectivity index (χ4v) is 1.69. The monoisotopic (exact) mass is 245 g/mol. The molecule has 4 nitrogen and oxygen atoms in total. The van der Waals surface area contributed by atoms with Crippen LogP contribution in [0.3, 0.4) is 0 Å². The van der Waals surface area contributed by atoms with Gasteiger partial charge in [0.15, 0.2) is 0 Å². The Labute approximate surface area is 108 Å². The van der Waals surface area contributed by atoms with Gasteiger partial charge in [0.05, 0.1) is 17.0 Å². The average molecular weight is 245 g/mol. The second kappa shape index (κ2) is 6.18. The van der Waals surface area contributed by atoms with E-state index in [0.717, 1.165) is 5.56 Å². The normalized spacial score (nSPS) is 10.8. The van der Waals surface area contributed by atoms with Crippen LogP contribution in [0.25, 0.3) is 0 Å². The van der Waals surface area contributed by atoms with Crippen LogP contribution in [0, 0.1) is 16.7 Å². The van der Waals surface area contributed by atoms with Gasteiger partial charge in [-0.15, -0.1) is 0 Å². The zero-order valence-electron chi connectivity index (χ0n) is 11.1. The van der Waals surface area contributed by atoms with Gasteiger partial charge in [-0.25, -0.2) is 0 Å². The molecule has 0 spiro atoms. The van der Waals surface area contributed by atoms with Gasteiger partial charge in [0.25, 0.3) is 0 Å². The highest BCUT2D eigenvalue weighted by Crippen LogP contribution is 2.13. The smallest absolute Gasteiger partial charge is 0.226 e. The van der Waals surface area contributed by atoms with E-state index in [1.165, 1.54) is 0 Å². The summed E-state index contributed by atoms with van der Waals surface area (Å²) in [5.41, 5.74) is 1.25. The molecule has 1 aromatic carbocycles. The molecule has 96 valence electrons. The average Bonchev–Trinajstić information content (AvgIpc) is 2.37. The molecule has 0 aliphatic carbocycles.